The van der Waals surface area contributed by atoms with Crippen molar-refractivity contribution in [1.82, 2.24) is 0 Å². The highest BCUT2D eigenvalue weighted by Crippen LogP contribution is 2.31. The first-order valence-corrected chi connectivity index (χ1v) is 5.63. The summed E-state index contributed by atoms with van der Waals surface area (Å²) in [6, 6.07) is 6.57. The van der Waals surface area contributed by atoms with Crippen molar-refractivity contribution in [2.45, 2.75) is 25.3 Å². The van der Waals surface area contributed by atoms with Crippen molar-refractivity contribution in [1.29, 1.82) is 0 Å². The van der Waals surface area contributed by atoms with Gasteiger partial charge < -0.3 is 15.6 Å². The fourth-order valence-corrected chi connectivity index (χ4v) is 1.74. The molecule has 0 aromatic heterocycles. The van der Waals surface area contributed by atoms with E-state index >= 15 is 0 Å². The number of rotatable bonds is 6. The molecule has 1 atom stereocenters. The minimum absolute atomic E-state index is 0.203. The third-order valence-electron chi connectivity index (χ3n) is 2.84. The summed E-state index contributed by atoms with van der Waals surface area (Å²) in [7, 11) is 1.43. The Labute approximate surface area is 106 Å². The van der Waals surface area contributed by atoms with Crippen molar-refractivity contribution in [3.05, 3.63) is 29.8 Å². The highest BCUT2D eigenvalue weighted by Gasteiger charge is 2.40. The molecule has 5 heteroatoms. The molecule has 1 aromatic rings. The van der Waals surface area contributed by atoms with Crippen LogP contribution >= 0.6 is 0 Å². The zero-order valence-electron chi connectivity index (χ0n) is 10.5. The molecule has 5 nitrogen and oxygen atoms in total. The number of methoxy groups -OCH3 is 1. The Kier molecular flexibility index (Phi) is 4.44. The number of carbonyl (C=O) groups is 2. The summed E-state index contributed by atoms with van der Waals surface area (Å²) in [6.45, 7) is 1.67. The van der Waals surface area contributed by atoms with E-state index in [4.69, 9.17) is 10.5 Å². The average Bonchev–Trinajstić information content (AvgIpc) is 2.38. The molecule has 0 saturated carbocycles. The predicted octanol–water partition coefficient (Wildman–Crippen LogP) is 1.30. The van der Waals surface area contributed by atoms with Crippen LogP contribution in [-0.2, 0) is 15.1 Å². The standard InChI is InChI=1S/C13H17NO4/c1-3-9(15)8-13(14,12(16)17)10-6-4-5-7-11(10)18-2/h4-7H,3,8,14H2,1-2H3,(H,16,17)/t13-/m1/s1. The zero-order valence-corrected chi connectivity index (χ0v) is 10.5. The van der Waals surface area contributed by atoms with Gasteiger partial charge in [0, 0.05) is 18.4 Å². The second-order valence-corrected chi connectivity index (χ2v) is 4.05. The summed E-state index contributed by atoms with van der Waals surface area (Å²) in [4.78, 5) is 22.9. The van der Waals surface area contributed by atoms with Crippen molar-refractivity contribution in [2.75, 3.05) is 7.11 Å². The predicted molar refractivity (Wildman–Crippen MR) is 66.4 cm³/mol. The lowest BCUT2D eigenvalue weighted by molar-refractivity contribution is -0.146. The van der Waals surface area contributed by atoms with Gasteiger partial charge in [-0.1, -0.05) is 25.1 Å². The molecule has 3 N–H and O–H groups in total. The van der Waals surface area contributed by atoms with Crippen molar-refractivity contribution in [3.63, 3.8) is 0 Å². The van der Waals surface area contributed by atoms with Crippen molar-refractivity contribution < 1.29 is 19.4 Å². The molecule has 0 aliphatic carbocycles. The molecule has 0 radical (unpaired) electrons. The maximum Gasteiger partial charge on any atom is 0.328 e. The van der Waals surface area contributed by atoms with Crippen LogP contribution in [0.4, 0.5) is 0 Å². The second kappa shape index (κ2) is 5.64. The number of para-hydroxylation sites is 1. The SMILES string of the molecule is CCC(=O)C[C@](N)(C(=O)O)c1ccccc1OC. The summed E-state index contributed by atoms with van der Waals surface area (Å²) >= 11 is 0. The third-order valence-corrected chi connectivity index (χ3v) is 2.84. The molecule has 1 rings (SSSR count). The average molecular weight is 251 g/mol. The lowest BCUT2D eigenvalue weighted by Crippen LogP contribution is -2.46. The fourth-order valence-electron chi connectivity index (χ4n) is 1.74. The number of hydrogen-bond donors (Lipinski definition) is 2. The number of hydrogen-bond acceptors (Lipinski definition) is 4. The first kappa shape index (κ1) is 14.2. The van der Waals surface area contributed by atoms with Crippen LogP contribution < -0.4 is 10.5 Å². The lowest BCUT2D eigenvalue weighted by Gasteiger charge is -2.26. The van der Waals surface area contributed by atoms with Gasteiger partial charge in [-0.15, -0.1) is 0 Å². The Hall–Kier alpha value is -1.88. The van der Waals surface area contributed by atoms with E-state index in [1.54, 1.807) is 31.2 Å². The molecule has 0 unspecified atom stereocenters. The van der Waals surface area contributed by atoms with Gasteiger partial charge in [0.05, 0.1) is 7.11 Å². The maximum absolute atomic E-state index is 11.5. The molecule has 18 heavy (non-hydrogen) atoms. The number of carbonyl (C=O) groups excluding carboxylic acids is 1. The number of ether oxygens (including phenoxy) is 1. The smallest absolute Gasteiger partial charge is 0.328 e. The second-order valence-electron chi connectivity index (χ2n) is 4.05. The molecule has 0 fully saturated rings. The maximum atomic E-state index is 11.5. The van der Waals surface area contributed by atoms with Crippen LogP contribution in [-0.4, -0.2) is 24.0 Å². The summed E-state index contributed by atoms with van der Waals surface area (Å²) in [5.74, 6) is -1.08. The van der Waals surface area contributed by atoms with Crippen LogP contribution in [0.25, 0.3) is 0 Å². The molecule has 0 aliphatic rings. The van der Waals surface area contributed by atoms with Gasteiger partial charge in [-0.05, 0) is 6.07 Å². The van der Waals surface area contributed by atoms with Crippen LogP contribution in [0.5, 0.6) is 5.75 Å². The number of Topliss-reactive ketones (excluding diaryl/α,β-unsaturated/α-hetero) is 1. The van der Waals surface area contributed by atoms with Crippen molar-refractivity contribution >= 4 is 11.8 Å². The van der Waals surface area contributed by atoms with Crippen molar-refractivity contribution in [3.8, 4) is 5.75 Å². The Morgan fingerprint density at radius 1 is 1.39 bits per heavy atom. The van der Waals surface area contributed by atoms with Gasteiger partial charge in [0.2, 0.25) is 0 Å². The lowest BCUT2D eigenvalue weighted by atomic mass is 9.85. The van der Waals surface area contributed by atoms with E-state index in [1.165, 1.54) is 7.11 Å². The van der Waals surface area contributed by atoms with E-state index in [9.17, 15) is 14.7 Å². The number of benzene rings is 1. The number of ketones is 1. The third kappa shape index (κ3) is 2.68. The van der Waals surface area contributed by atoms with E-state index in [0.29, 0.717) is 11.3 Å². The first-order valence-electron chi connectivity index (χ1n) is 5.63. The van der Waals surface area contributed by atoms with Crippen LogP contribution in [0.15, 0.2) is 24.3 Å². The first-order chi connectivity index (χ1) is 8.45. The largest absolute Gasteiger partial charge is 0.496 e. The van der Waals surface area contributed by atoms with E-state index in [1.807, 2.05) is 0 Å². The molecule has 0 heterocycles. The van der Waals surface area contributed by atoms with Crippen LogP contribution in [0.1, 0.15) is 25.3 Å². The monoisotopic (exact) mass is 251 g/mol. The molecule has 0 spiro atoms. The Balaban J connectivity index is 3.26. The van der Waals surface area contributed by atoms with Crippen LogP contribution in [0.3, 0.4) is 0 Å². The Morgan fingerprint density at radius 2 is 2.00 bits per heavy atom. The van der Waals surface area contributed by atoms with Gasteiger partial charge in [-0.3, -0.25) is 4.79 Å². The Bertz CT molecular complexity index is 458. The normalized spacial score (nSPS) is 13.7. The summed E-state index contributed by atoms with van der Waals surface area (Å²) < 4.78 is 5.10. The summed E-state index contributed by atoms with van der Waals surface area (Å²) in [5, 5.41) is 9.32. The van der Waals surface area contributed by atoms with Crippen LogP contribution in [0.2, 0.25) is 0 Å². The molecule has 0 amide bonds. The molecular weight excluding hydrogens is 234 g/mol. The number of nitrogens with two attached hydrogens (primary N) is 1. The highest BCUT2D eigenvalue weighted by atomic mass is 16.5. The van der Waals surface area contributed by atoms with Crippen LogP contribution in [0, 0.1) is 0 Å². The molecule has 0 saturated heterocycles. The van der Waals surface area contributed by atoms with E-state index in [0.717, 1.165) is 0 Å². The molecular formula is C13H17NO4. The van der Waals surface area contributed by atoms with Gasteiger partial charge in [0.1, 0.15) is 11.5 Å². The van der Waals surface area contributed by atoms with Gasteiger partial charge in [0.15, 0.2) is 5.54 Å². The van der Waals surface area contributed by atoms with Crippen molar-refractivity contribution in [2.24, 2.45) is 5.73 Å². The van der Waals surface area contributed by atoms with Gasteiger partial charge in [0.25, 0.3) is 0 Å². The molecule has 0 bridgehead atoms. The number of aliphatic carboxylic acids is 1. The molecule has 1 aromatic carbocycles. The van der Waals surface area contributed by atoms with E-state index in [2.05, 4.69) is 0 Å². The van der Waals surface area contributed by atoms with Gasteiger partial charge >= 0.3 is 5.97 Å². The quantitative estimate of drug-likeness (QED) is 0.795. The summed E-state index contributed by atoms with van der Waals surface area (Å²) in [6.07, 6.45) is 0.000581. The number of carboxylic acids is 1. The number of carboxylic acid groups (broad SMARTS) is 1. The van der Waals surface area contributed by atoms with Gasteiger partial charge in [-0.2, -0.15) is 0 Å². The minimum Gasteiger partial charge on any atom is -0.496 e. The van der Waals surface area contributed by atoms with E-state index in [-0.39, 0.29) is 18.6 Å². The fraction of sp³-hybridized carbons (Fsp3) is 0.385. The highest BCUT2D eigenvalue weighted by molar-refractivity contribution is 5.90. The zero-order chi connectivity index (χ0) is 13.8. The molecule has 0 aliphatic heterocycles. The summed E-state index contributed by atoms with van der Waals surface area (Å²) in [5.41, 5.74) is 4.47. The minimum atomic E-state index is -1.75. The molecule has 98 valence electrons. The topological polar surface area (TPSA) is 89.6 Å². The Morgan fingerprint density at radius 3 is 2.50 bits per heavy atom. The van der Waals surface area contributed by atoms with Gasteiger partial charge in [-0.25, -0.2) is 4.79 Å². The van der Waals surface area contributed by atoms with E-state index < -0.39 is 11.5 Å².